The number of amides is 1. The van der Waals surface area contributed by atoms with Crippen molar-refractivity contribution in [3.63, 3.8) is 0 Å². The maximum atomic E-state index is 13.4. The van der Waals surface area contributed by atoms with Crippen molar-refractivity contribution in [1.82, 2.24) is 4.90 Å². The Morgan fingerprint density at radius 1 is 1.32 bits per heavy atom. The quantitative estimate of drug-likeness (QED) is 0.858. The van der Waals surface area contributed by atoms with Crippen LogP contribution in [0.1, 0.15) is 18.4 Å². The highest BCUT2D eigenvalue weighted by Gasteiger charge is 2.14. The van der Waals surface area contributed by atoms with Crippen LogP contribution in [-0.2, 0) is 16.0 Å². The van der Waals surface area contributed by atoms with Crippen LogP contribution in [0.5, 0.6) is 0 Å². The van der Waals surface area contributed by atoms with Gasteiger partial charge < -0.3 is 10.0 Å². The summed E-state index contributed by atoms with van der Waals surface area (Å²) < 4.78 is 26.3. The Kier molecular flexibility index (Phi) is 5.41. The second-order valence-corrected chi connectivity index (χ2v) is 4.20. The van der Waals surface area contributed by atoms with Crippen molar-refractivity contribution in [2.45, 2.75) is 19.3 Å². The van der Waals surface area contributed by atoms with Crippen molar-refractivity contribution in [3.8, 4) is 0 Å². The molecule has 0 fully saturated rings. The first-order valence-corrected chi connectivity index (χ1v) is 5.80. The zero-order valence-corrected chi connectivity index (χ0v) is 10.5. The summed E-state index contributed by atoms with van der Waals surface area (Å²) in [5.41, 5.74) is -0.00455. The fourth-order valence-corrected chi connectivity index (χ4v) is 1.58. The van der Waals surface area contributed by atoms with Gasteiger partial charge in [-0.15, -0.1) is 0 Å². The van der Waals surface area contributed by atoms with Crippen molar-refractivity contribution in [3.05, 3.63) is 35.4 Å². The normalized spacial score (nSPS) is 10.3. The summed E-state index contributed by atoms with van der Waals surface area (Å²) in [6, 6.07) is 3.67. The summed E-state index contributed by atoms with van der Waals surface area (Å²) in [6.45, 7) is 0.266. The van der Waals surface area contributed by atoms with E-state index in [1.54, 1.807) is 0 Å². The second kappa shape index (κ2) is 6.82. The van der Waals surface area contributed by atoms with Crippen LogP contribution in [-0.4, -0.2) is 35.5 Å². The molecule has 0 bridgehead atoms. The van der Waals surface area contributed by atoms with Crippen LogP contribution in [0.25, 0.3) is 0 Å². The van der Waals surface area contributed by atoms with Crippen LogP contribution in [0.4, 0.5) is 8.78 Å². The van der Waals surface area contributed by atoms with E-state index in [0.29, 0.717) is 6.42 Å². The van der Waals surface area contributed by atoms with E-state index < -0.39 is 17.6 Å². The number of benzene rings is 1. The van der Waals surface area contributed by atoms with Crippen LogP contribution < -0.4 is 0 Å². The largest absolute Gasteiger partial charge is 0.481 e. The van der Waals surface area contributed by atoms with E-state index in [9.17, 15) is 18.4 Å². The Hall–Kier alpha value is -1.98. The molecule has 1 rings (SSSR count). The molecule has 4 nitrogen and oxygen atoms in total. The molecular formula is C13H15F2NO3. The summed E-state index contributed by atoms with van der Waals surface area (Å²) in [6.07, 6.45) is 0.0440. The minimum Gasteiger partial charge on any atom is -0.481 e. The molecule has 6 heteroatoms. The monoisotopic (exact) mass is 271 g/mol. The van der Waals surface area contributed by atoms with E-state index >= 15 is 0 Å². The first-order chi connectivity index (χ1) is 8.91. The highest BCUT2D eigenvalue weighted by Crippen LogP contribution is 2.12. The molecule has 0 saturated carbocycles. The minimum atomic E-state index is -1.02. The fourth-order valence-electron chi connectivity index (χ4n) is 1.58. The van der Waals surface area contributed by atoms with Gasteiger partial charge in [-0.05, 0) is 12.5 Å². The lowest BCUT2D eigenvalue weighted by atomic mass is 10.1. The third-order valence-electron chi connectivity index (χ3n) is 2.68. The number of hydrogen-bond acceptors (Lipinski definition) is 2. The molecular weight excluding hydrogens is 256 g/mol. The molecule has 0 heterocycles. The average Bonchev–Trinajstić information content (AvgIpc) is 2.34. The Bertz CT molecular complexity index is 477. The molecule has 0 unspecified atom stereocenters. The Morgan fingerprint density at radius 3 is 2.63 bits per heavy atom. The van der Waals surface area contributed by atoms with Gasteiger partial charge in [-0.3, -0.25) is 9.59 Å². The number of carbonyl (C=O) groups excluding carboxylic acids is 1. The number of carboxylic acids is 1. The number of nitrogens with zero attached hydrogens (tertiary/aromatic N) is 1. The molecule has 0 aliphatic rings. The van der Waals surface area contributed by atoms with Gasteiger partial charge >= 0.3 is 5.97 Å². The molecule has 0 aliphatic heterocycles. The Labute approximate surface area is 109 Å². The SMILES string of the molecule is CN(CCCC(=O)O)C(=O)Cc1cccc(F)c1F. The molecule has 1 aromatic carbocycles. The number of rotatable bonds is 6. The van der Waals surface area contributed by atoms with E-state index in [1.807, 2.05) is 0 Å². The topological polar surface area (TPSA) is 57.6 Å². The van der Waals surface area contributed by atoms with Gasteiger partial charge in [-0.1, -0.05) is 12.1 Å². The van der Waals surface area contributed by atoms with Crippen molar-refractivity contribution in [2.24, 2.45) is 0 Å². The van der Waals surface area contributed by atoms with Gasteiger partial charge in [0.2, 0.25) is 5.91 Å². The van der Waals surface area contributed by atoms with E-state index in [1.165, 1.54) is 24.1 Å². The maximum absolute atomic E-state index is 13.4. The van der Waals surface area contributed by atoms with Gasteiger partial charge in [0.25, 0.3) is 0 Å². The zero-order chi connectivity index (χ0) is 14.4. The summed E-state index contributed by atoms with van der Waals surface area (Å²) in [5, 5.41) is 8.47. The van der Waals surface area contributed by atoms with E-state index in [2.05, 4.69) is 0 Å². The standard InChI is InChI=1S/C13H15F2NO3/c1-16(7-3-6-12(18)19)11(17)8-9-4-2-5-10(14)13(9)15/h2,4-5H,3,6-8H2,1H3,(H,18,19). The summed E-state index contributed by atoms with van der Waals surface area (Å²) in [5.74, 6) is -3.32. The number of carboxylic acid groups (broad SMARTS) is 1. The average molecular weight is 271 g/mol. The lowest BCUT2D eigenvalue weighted by Crippen LogP contribution is -2.29. The number of halogens is 2. The van der Waals surface area contributed by atoms with Crippen LogP contribution in [0.2, 0.25) is 0 Å². The first kappa shape index (κ1) is 15.1. The van der Waals surface area contributed by atoms with Gasteiger partial charge in [0.1, 0.15) is 0 Å². The highest BCUT2D eigenvalue weighted by atomic mass is 19.2. The van der Waals surface area contributed by atoms with Crippen molar-refractivity contribution in [1.29, 1.82) is 0 Å². The minimum absolute atomic E-state index is 0.00455. The maximum Gasteiger partial charge on any atom is 0.303 e. The molecule has 1 N–H and O–H groups in total. The van der Waals surface area contributed by atoms with E-state index in [4.69, 9.17) is 5.11 Å². The van der Waals surface area contributed by atoms with Gasteiger partial charge in [-0.2, -0.15) is 0 Å². The van der Waals surface area contributed by atoms with Gasteiger partial charge in [-0.25, -0.2) is 8.78 Å². The lowest BCUT2D eigenvalue weighted by Gasteiger charge is -2.16. The molecule has 19 heavy (non-hydrogen) atoms. The van der Waals surface area contributed by atoms with Crippen molar-refractivity contribution >= 4 is 11.9 Å². The predicted octanol–water partition coefficient (Wildman–Crippen LogP) is 1.83. The third-order valence-corrected chi connectivity index (χ3v) is 2.68. The zero-order valence-electron chi connectivity index (χ0n) is 10.5. The molecule has 0 radical (unpaired) electrons. The summed E-state index contributed by atoms with van der Waals surface area (Å²) >= 11 is 0. The lowest BCUT2D eigenvalue weighted by molar-refractivity contribution is -0.138. The third kappa shape index (κ3) is 4.65. The molecule has 0 aromatic heterocycles. The highest BCUT2D eigenvalue weighted by molar-refractivity contribution is 5.78. The van der Waals surface area contributed by atoms with E-state index in [-0.39, 0.29) is 30.9 Å². The van der Waals surface area contributed by atoms with Gasteiger partial charge in [0.05, 0.1) is 6.42 Å². The number of aliphatic carboxylic acids is 1. The van der Waals surface area contributed by atoms with Crippen LogP contribution in [0.15, 0.2) is 18.2 Å². The van der Waals surface area contributed by atoms with Crippen LogP contribution >= 0.6 is 0 Å². The summed E-state index contributed by atoms with van der Waals surface area (Å²) in [7, 11) is 1.50. The number of carbonyl (C=O) groups is 2. The Morgan fingerprint density at radius 2 is 2.00 bits per heavy atom. The fraction of sp³-hybridized carbons (Fsp3) is 0.385. The van der Waals surface area contributed by atoms with Crippen molar-refractivity contribution in [2.75, 3.05) is 13.6 Å². The molecule has 0 atom stereocenters. The first-order valence-electron chi connectivity index (χ1n) is 5.80. The smallest absolute Gasteiger partial charge is 0.303 e. The molecule has 1 aromatic rings. The van der Waals surface area contributed by atoms with Gasteiger partial charge in [0, 0.05) is 25.6 Å². The number of likely N-dealkylation sites (N-methyl/N-ethyl adjacent to an activating group) is 1. The van der Waals surface area contributed by atoms with Crippen molar-refractivity contribution < 1.29 is 23.5 Å². The Balaban J connectivity index is 2.54. The molecule has 104 valence electrons. The van der Waals surface area contributed by atoms with Crippen LogP contribution in [0, 0.1) is 11.6 Å². The van der Waals surface area contributed by atoms with Crippen LogP contribution in [0.3, 0.4) is 0 Å². The molecule has 0 saturated heterocycles. The predicted molar refractivity (Wildman–Crippen MR) is 64.6 cm³/mol. The molecule has 0 aliphatic carbocycles. The molecule has 1 amide bonds. The van der Waals surface area contributed by atoms with E-state index in [0.717, 1.165) is 6.07 Å². The second-order valence-electron chi connectivity index (χ2n) is 4.20. The number of hydrogen-bond donors (Lipinski definition) is 1. The summed E-state index contributed by atoms with van der Waals surface area (Å²) in [4.78, 5) is 23.4. The molecule has 0 spiro atoms. The van der Waals surface area contributed by atoms with Gasteiger partial charge in [0.15, 0.2) is 11.6 Å².